The zero-order valence-electron chi connectivity index (χ0n) is 7.36. The third-order valence-electron chi connectivity index (χ3n) is 1.39. The van der Waals surface area contributed by atoms with Crippen LogP contribution < -0.4 is 0 Å². The maximum Gasteiger partial charge on any atom is 0.341 e. The molecule has 0 aromatic heterocycles. The standard InChI is InChI=1S/C8H12O4S/c1-2-3-6(9)4-7(10)8(11)12-5-13/h5,7,10H,2-4H2,1H3. The van der Waals surface area contributed by atoms with Crippen molar-refractivity contribution in [3.8, 4) is 0 Å². The van der Waals surface area contributed by atoms with Gasteiger partial charge in [0, 0.05) is 12.8 Å². The molecule has 0 aliphatic carbocycles. The lowest BCUT2D eigenvalue weighted by Gasteiger charge is -2.05. The van der Waals surface area contributed by atoms with Crippen LogP contribution in [0.1, 0.15) is 26.2 Å². The van der Waals surface area contributed by atoms with Crippen molar-refractivity contribution in [2.75, 3.05) is 0 Å². The highest BCUT2D eigenvalue weighted by Gasteiger charge is 2.19. The first-order valence-corrected chi connectivity index (χ1v) is 4.42. The Morgan fingerprint density at radius 3 is 2.69 bits per heavy atom. The number of ether oxygens (including phenoxy) is 1. The van der Waals surface area contributed by atoms with Crippen molar-refractivity contribution in [1.82, 2.24) is 0 Å². The lowest BCUT2D eigenvalue weighted by atomic mass is 10.1. The third-order valence-corrected chi connectivity index (χ3v) is 1.48. The van der Waals surface area contributed by atoms with E-state index < -0.39 is 12.1 Å². The first-order valence-electron chi connectivity index (χ1n) is 3.95. The van der Waals surface area contributed by atoms with E-state index >= 15 is 0 Å². The monoisotopic (exact) mass is 204 g/mol. The first kappa shape index (κ1) is 12.2. The van der Waals surface area contributed by atoms with Crippen molar-refractivity contribution >= 4 is 29.5 Å². The van der Waals surface area contributed by atoms with Crippen molar-refractivity contribution in [2.45, 2.75) is 32.3 Å². The number of aliphatic hydroxyl groups excluding tert-OH is 1. The molecule has 13 heavy (non-hydrogen) atoms. The summed E-state index contributed by atoms with van der Waals surface area (Å²) in [6, 6.07) is 0. The van der Waals surface area contributed by atoms with Gasteiger partial charge in [0.2, 0.25) is 0 Å². The number of thiocarbonyl (C=S) groups is 1. The number of hydrogen-bond donors (Lipinski definition) is 1. The molecule has 0 saturated heterocycles. The van der Waals surface area contributed by atoms with E-state index in [1.165, 1.54) is 0 Å². The Labute approximate surface area is 81.9 Å². The third kappa shape index (κ3) is 5.43. The van der Waals surface area contributed by atoms with Crippen LogP contribution in [-0.4, -0.2) is 28.5 Å². The average Bonchev–Trinajstić information content (AvgIpc) is 2.05. The van der Waals surface area contributed by atoms with Gasteiger partial charge in [0.25, 0.3) is 0 Å². The number of aliphatic hydroxyl groups is 1. The Hall–Kier alpha value is -0.810. The normalized spacial score (nSPS) is 11.8. The van der Waals surface area contributed by atoms with E-state index in [1.807, 2.05) is 6.92 Å². The molecule has 0 rings (SSSR count). The van der Waals surface area contributed by atoms with Gasteiger partial charge >= 0.3 is 5.97 Å². The van der Waals surface area contributed by atoms with Gasteiger partial charge in [0.15, 0.2) is 11.7 Å². The summed E-state index contributed by atoms with van der Waals surface area (Å²) in [5.74, 6) is -1.03. The number of ketones is 1. The average molecular weight is 204 g/mol. The summed E-state index contributed by atoms with van der Waals surface area (Å²) < 4.78 is 4.23. The van der Waals surface area contributed by atoms with Crippen LogP contribution >= 0.6 is 12.2 Å². The van der Waals surface area contributed by atoms with Gasteiger partial charge in [0.1, 0.15) is 5.78 Å². The number of carbonyl (C=O) groups excluding carboxylic acids is 2. The molecule has 0 heterocycles. The zero-order chi connectivity index (χ0) is 10.3. The summed E-state index contributed by atoms with van der Waals surface area (Å²) in [4.78, 5) is 21.7. The fourth-order valence-corrected chi connectivity index (χ4v) is 0.901. The molecule has 1 N–H and O–H groups in total. The fraction of sp³-hybridized carbons (Fsp3) is 0.625. The molecule has 4 nitrogen and oxygen atoms in total. The summed E-state index contributed by atoms with van der Waals surface area (Å²) in [6.07, 6.45) is -0.524. The van der Waals surface area contributed by atoms with Crippen LogP contribution in [0.15, 0.2) is 0 Å². The molecule has 0 fully saturated rings. The SMILES string of the molecule is CCCC(=O)CC(O)C(=O)OC=S. The topological polar surface area (TPSA) is 63.6 Å². The summed E-state index contributed by atoms with van der Waals surface area (Å²) in [5.41, 5.74) is 0.760. The lowest BCUT2D eigenvalue weighted by molar-refractivity contribution is -0.146. The van der Waals surface area contributed by atoms with Crippen molar-refractivity contribution < 1.29 is 19.4 Å². The Bertz CT molecular complexity index is 202. The van der Waals surface area contributed by atoms with Gasteiger partial charge in [-0.1, -0.05) is 6.92 Å². The molecule has 0 amide bonds. The lowest BCUT2D eigenvalue weighted by Crippen LogP contribution is -2.25. The van der Waals surface area contributed by atoms with E-state index in [4.69, 9.17) is 5.11 Å². The first-order chi connectivity index (χ1) is 6.11. The maximum absolute atomic E-state index is 11.0. The van der Waals surface area contributed by atoms with Gasteiger partial charge in [-0.15, -0.1) is 0 Å². The van der Waals surface area contributed by atoms with Crippen LogP contribution in [0.4, 0.5) is 0 Å². The molecule has 0 aliphatic heterocycles. The highest BCUT2D eigenvalue weighted by molar-refractivity contribution is 7.78. The molecule has 0 radical (unpaired) electrons. The minimum Gasteiger partial charge on any atom is -0.421 e. The Balaban J connectivity index is 3.84. The summed E-state index contributed by atoms with van der Waals surface area (Å²) in [5, 5.41) is 9.08. The number of Topliss-reactive ketones (excluding diaryl/α,β-unsaturated/α-hetero) is 1. The second-order valence-corrected chi connectivity index (χ2v) is 2.73. The van der Waals surface area contributed by atoms with E-state index in [2.05, 4.69) is 17.0 Å². The van der Waals surface area contributed by atoms with E-state index in [-0.39, 0.29) is 12.2 Å². The van der Waals surface area contributed by atoms with Gasteiger partial charge in [-0.05, 0) is 18.6 Å². The quantitative estimate of drug-likeness (QED) is 0.507. The maximum atomic E-state index is 11.0. The molecule has 0 aliphatic rings. The van der Waals surface area contributed by atoms with Gasteiger partial charge in [-0.25, -0.2) is 4.79 Å². The van der Waals surface area contributed by atoms with Crippen LogP contribution in [0.5, 0.6) is 0 Å². The number of hydrogen-bond acceptors (Lipinski definition) is 5. The Morgan fingerprint density at radius 1 is 1.62 bits per heavy atom. The van der Waals surface area contributed by atoms with Crippen LogP contribution in [-0.2, 0) is 14.3 Å². The number of esters is 1. The summed E-state index contributed by atoms with van der Waals surface area (Å²) in [6.45, 7) is 1.85. The molecular formula is C8H12O4S. The Morgan fingerprint density at radius 2 is 2.23 bits per heavy atom. The summed E-state index contributed by atoms with van der Waals surface area (Å²) >= 11 is 4.25. The van der Waals surface area contributed by atoms with Crippen molar-refractivity contribution in [3.63, 3.8) is 0 Å². The predicted octanol–water partition coefficient (Wildman–Crippen LogP) is 0.607. The van der Waals surface area contributed by atoms with Gasteiger partial charge in [0.05, 0.1) is 0 Å². The smallest absolute Gasteiger partial charge is 0.341 e. The molecule has 0 saturated carbocycles. The molecule has 5 heteroatoms. The Kier molecular flexibility index (Phi) is 6.26. The highest BCUT2D eigenvalue weighted by atomic mass is 32.1. The zero-order valence-corrected chi connectivity index (χ0v) is 8.17. The van der Waals surface area contributed by atoms with Crippen molar-refractivity contribution in [3.05, 3.63) is 0 Å². The summed E-state index contributed by atoms with van der Waals surface area (Å²) in [7, 11) is 0. The molecule has 1 atom stereocenters. The van der Waals surface area contributed by atoms with Crippen molar-refractivity contribution in [2.24, 2.45) is 0 Å². The molecule has 0 spiro atoms. The van der Waals surface area contributed by atoms with Gasteiger partial charge in [-0.2, -0.15) is 0 Å². The molecular weight excluding hydrogens is 192 g/mol. The minimum atomic E-state index is -1.39. The van der Waals surface area contributed by atoms with Crippen molar-refractivity contribution in [1.29, 1.82) is 0 Å². The second-order valence-electron chi connectivity index (χ2n) is 2.54. The minimum absolute atomic E-state index is 0.156. The molecule has 0 aromatic rings. The van der Waals surface area contributed by atoms with E-state index in [0.717, 1.165) is 5.55 Å². The van der Waals surface area contributed by atoms with Crippen LogP contribution in [0.2, 0.25) is 0 Å². The molecule has 74 valence electrons. The van der Waals surface area contributed by atoms with E-state index in [0.29, 0.717) is 12.8 Å². The number of carbonyl (C=O) groups is 2. The van der Waals surface area contributed by atoms with Crippen LogP contribution in [0.25, 0.3) is 0 Å². The predicted molar refractivity (Wildman–Crippen MR) is 50.3 cm³/mol. The molecule has 1 unspecified atom stereocenters. The molecule has 0 bridgehead atoms. The number of rotatable bonds is 6. The van der Waals surface area contributed by atoms with E-state index in [1.54, 1.807) is 0 Å². The van der Waals surface area contributed by atoms with Crippen LogP contribution in [0.3, 0.4) is 0 Å². The van der Waals surface area contributed by atoms with Gasteiger partial charge < -0.3 is 9.84 Å². The van der Waals surface area contributed by atoms with Crippen LogP contribution in [0, 0.1) is 0 Å². The largest absolute Gasteiger partial charge is 0.421 e. The highest BCUT2D eigenvalue weighted by Crippen LogP contribution is 2.00. The second kappa shape index (κ2) is 6.68. The van der Waals surface area contributed by atoms with Gasteiger partial charge in [-0.3, -0.25) is 4.79 Å². The van der Waals surface area contributed by atoms with E-state index in [9.17, 15) is 9.59 Å². The molecule has 0 aromatic carbocycles. The fourth-order valence-electron chi connectivity index (χ4n) is 0.806.